The zero-order valence-corrected chi connectivity index (χ0v) is 21.7. The van der Waals surface area contributed by atoms with Gasteiger partial charge in [-0.05, 0) is 17.7 Å². The molecule has 0 atom stereocenters. The highest BCUT2D eigenvalue weighted by Gasteiger charge is 2.25. The molecule has 2 heterocycles. The van der Waals surface area contributed by atoms with Gasteiger partial charge in [0.05, 0.1) is 25.6 Å². The number of nitrogens with zero attached hydrogens (tertiary/aromatic N) is 2. The van der Waals surface area contributed by atoms with E-state index in [9.17, 15) is 4.79 Å². The van der Waals surface area contributed by atoms with Crippen molar-refractivity contribution in [2.24, 2.45) is 0 Å². The van der Waals surface area contributed by atoms with E-state index in [1.54, 1.807) is 26.2 Å². The Kier molecular flexibility index (Phi) is 6.79. The van der Waals surface area contributed by atoms with Gasteiger partial charge in [0.2, 0.25) is 0 Å². The maximum absolute atomic E-state index is 13.5. The van der Waals surface area contributed by atoms with E-state index in [2.05, 4.69) is 0 Å². The number of nitrogen functional groups attached to an aromatic ring is 1. The first-order chi connectivity index (χ1) is 18.0. The van der Waals surface area contributed by atoms with Crippen molar-refractivity contribution in [3.05, 3.63) is 95.4 Å². The van der Waals surface area contributed by atoms with Crippen LogP contribution in [0.5, 0.6) is 11.5 Å². The van der Waals surface area contributed by atoms with E-state index < -0.39 is 0 Å². The topological polar surface area (TPSA) is 77.7 Å². The fourth-order valence-corrected chi connectivity index (χ4v) is 5.57. The largest absolute Gasteiger partial charge is 0.493 e. The van der Waals surface area contributed by atoms with Crippen molar-refractivity contribution in [1.29, 1.82) is 0 Å². The number of hydrogen-bond acceptors (Lipinski definition) is 6. The fraction of sp³-hybridized carbons (Fsp3) is 0.133. The molecule has 0 saturated carbocycles. The van der Waals surface area contributed by atoms with Crippen molar-refractivity contribution >= 4 is 33.1 Å². The number of ether oxygens (including phenoxy) is 2. The summed E-state index contributed by atoms with van der Waals surface area (Å²) in [6, 6.07) is 27.5. The third-order valence-electron chi connectivity index (χ3n) is 6.27. The van der Waals surface area contributed by atoms with Crippen LogP contribution in [0.15, 0.2) is 84.9 Å². The number of carbonyl (C=O) groups is 1. The number of methoxy groups -OCH3 is 2. The molecular weight excluding hydrogens is 482 g/mol. The molecule has 1 amide bonds. The third kappa shape index (κ3) is 4.61. The predicted molar refractivity (Wildman–Crippen MR) is 150 cm³/mol. The summed E-state index contributed by atoms with van der Waals surface area (Å²) in [5, 5.41) is 0.729. The number of carbonyl (C=O) groups excluding carboxylic acids is 1. The predicted octanol–water partition coefficient (Wildman–Crippen LogP) is 6.50. The highest BCUT2D eigenvalue weighted by Crippen LogP contribution is 2.46. The van der Waals surface area contributed by atoms with Gasteiger partial charge in [-0.2, -0.15) is 0 Å². The van der Waals surface area contributed by atoms with Crippen molar-refractivity contribution < 1.29 is 14.3 Å². The number of pyridine rings is 1. The van der Waals surface area contributed by atoms with Gasteiger partial charge >= 0.3 is 0 Å². The van der Waals surface area contributed by atoms with E-state index >= 15 is 0 Å². The normalized spacial score (nSPS) is 10.9. The smallest absolute Gasteiger partial charge is 0.266 e. The molecule has 0 spiro atoms. The van der Waals surface area contributed by atoms with Crippen LogP contribution < -0.4 is 15.2 Å². The Hall–Kier alpha value is -4.36. The van der Waals surface area contributed by atoms with Gasteiger partial charge in [0.1, 0.15) is 9.71 Å². The molecule has 3 aromatic carbocycles. The van der Waals surface area contributed by atoms with Gasteiger partial charge in [-0.25, -0.2) is 4.98 Å². The van der Waals surface area contributed by atoms with Crippen molar-refractivity contribution in [2.75, 3.05) is 27.0 Å². The van der Waals surface area contributed by atoms with Crippen LogP contribution in [0.1, 0.15) is 15.2 Å². The summed E-state index contributed by atoms with van der Waals surface area (Å²) in [5.74, 6) is 1.06. The second-order valence-electron chi connectivity index (χ2n) is 8.63. The lowest BCUT2D eigenvalue weighted by Gasteiger charge is -2.17. The van der Waals surface area contributed by atoms with Gasteiger partial charge in [-0.1, -0.05) is 72.8 Å². The number of amides is 1. The van der Waals surface area contributed by atoms with Crippen molar-refractivity contribution in [3.63, 3.8) is 0 Å². The van der Waals surface area contributed by atoms with Crippen molar-refractivity contribution in [3.8, 4) is 33.9 Å². The second-order valence-corrected chi connectivity index (χ2v) is 9.63. The summed E-state index contributed by atoms with van der Waals surface area (Å²) in [4.78, 5) is 21.3. The second kappa shape index (κ2) is 10.3. The average molecular weight is 510 g/mol. The van der Waals surface area contributed by atoms with Gasteiger partial charge in [-0.15, -0.1) is 11.3 Å². The fourth-order valence-electron chi connectivity index (χ4n) is 4.45. The molecule has 0 fully saturated rings. The number of rotatable bonds is 7. The molecule has 5 aromatic rings. The molecule has 2 aromatic heterocycles. The minimum atomic E-state index is -0.144. The number of fused-ring (bicyclic) bond motifs is 1. The van der Waals surface area contributed by atoms with Gasteiger partial charge < -0.3 is 20.1 Å². The van der Waals surface area contributed by atoms with Crippen molar-refractivity contribution in [1.82, 2.24) is 9.88 Å². The van der Waals surface area contributed by atoms with E-state index in [1.165, 1.54) is 11.3 Å². The molecule has 0 unspecified atom stereocenters. The quantitative estimate of drug-likeness (QED) is 0.271. The summed E-state index contributed by atoms with van der Waals surface area (Å²) >= 11 is 1.31. The molecule has 5 rings (SSSR count). The monoisotopic (exact) mass is 509 g/mol. The molecule has 37 heavy (non-hydrogen) atoms. The van der Waals surface area contributed by atoms with Crippen LogP contribution in [0.4, 0.5) is 5.69 Å². The van der Waals surface area contributed by atoms with E-state index in [4.69, 9.17) is 20.2 Å². The summed E-state index contributed by atoms with van der Waals surface area (Å²) in [7, 11) is 5.01. The number of aromatic nitrogens is 1. The van der Waals surface area contributed by atoms with Gasteiger partial charge in [0.25, 0.3) is 5.91 Å². The Balaban J connectivity index is 1.70. The van der Waals surface area contributed by atoms with E-state index in [1.807, 2.05) is 84.9 Å². The molecule has 0 aliphatic heterocycles. The summed E-state index contributed by atoms with van der Waals surface area (Å²) in [6.07, 6.45) is 0. The summed E-state index contributed by atoms with van der Waals surface area (Å²) in [6.45, 7) is 0.479. The minimum Gasteiger partial charge on any atom is -0.493 e. The number of nitrogens with two attached hydrogens (primary N) is 1. The van der Waals surface area contributed by atoms with Crippen LogP contribution in [-0.4, -0.2) is 37.1 Å². The van der Waals surface area contributed by atoms with Crippen LogP contribution >= 0.6 is 11.3 Å². The Morgan fingerprint density at radius 2 is 1.62 bits per heavy atom. The summed E-state index contributed by atoms with van der Waals surface area (Å²) in [5.41, 5.74) is 11.6. The van der Waals surface area contributed by atoms with E-state index in [0.29, 0.717) is 33.4 Å². The molecular formula is C30H27N3O3S. The Morgan fingerprint density at radius 1 is 0.919 bits per heavy atom. The molecule has 7 heteroatoms. The molecule has 0 bridgehead atoms. The third-order valence-corrected chi connectivity index (χ3v) is 7.35. The van der Waals surface area contributed by atoms with Crippen LogP contribution in [-0.2, 0) is 6.54 Å². The first kappa shape index (κ1) is 24.3. The zero-order chi connectivity index (χ0) is 25.9. The van der Waals surface area contributed by atoms with Gasteiger partial charge in [-0.3, -0.25) is 4.79 Å². The van der Waals surface area contributed by atoms with Crippen LogP contribution in [0.3, 0.4) is 0 Å². The number of anilines is 1. The van der Waals surface area contributed by atoms with E-state index in [-0.39, 0.29) is 5.91 Å². The number of benzene rings is 3. The lowest BCUT2D eigenvalue weighted by molar-refractivity contribution is 0.0791. The highest BCUT2D eigenvalue weighted by molar-refractivity contribution is 7.21. The van der Waals surface area contributed by atoms with Crippen molar-refractivity contribution in [2.45, 2.75) is 6.54 Å². The number of hydrogen-bond donors (Lipinski definition) is 1. The molecule has 186 valence electrons. The molecule has 2 N–H and O–H groups in total. The Morgan fingerprint density at radius 3 is 2.30 bits per heavy atom. The Bertz CT molecular complexity index is 1570. The SMILES string of the molecule is COc1cccc(-c2cc(-c3ccccc3)nc3sc(C(=O)N(C)Cc4ccccc4)c(N)c23)c1OC. The standard InChI is InChI=1S/C30H27N3O3S/c1-33(18-19-11-6-4-7-12-19)30(34)28-26(31)25-22(21-15-10-16-24(35-2)27(21)36-3)17-23(32-29(25)37-28)20-13-8-5-9-14-20/h4-17H,18,31H2,1-3H3. The highest BCUT2D eigenvalue weighted by atomic mass is 32.1. The van der Waals surface area contributed by atoms with Gasteiger partial charge in [0.15, 0.2) is 11.5 Å². The number of para-hydroxylation sites is 1. The van der Waals surface area contributed by atoms with Crippen LogP contribution in [0.25, 0.3) is 32.6 Å². The molecule has 0 aliphatic carbocycles. The van der Waals surface area contributed by atoms with Crippen LogP contribution in [0, 0.1) is 0 Å². The first-order valence-electron chi connectivity index (χ1n) is 11.8. The summed E-state index contributed by atoms with van der Waals surface area (Å²) < 4.78 is 11.3. The minimum absolute atomic E-state index is 0.144. The zero-order valence-electron chi connectivity index (χ0n) is 20.9. The van der Waals surface area contributed by atoms with Gasteiger partial charge in [0, 0.05) is 35.7 Å². The molecule has 0 radical (unpaired) electrons. The van der Waals surface area contributed by atoms with Crippen LogP contribution in [0.2, 0.25) is 0 Å². The maximum Gasteiger partial charge on any atom is 0.266 e. The number of thiophene rings is 1. The first-order valence-corrected chi connectivity index (χ1v) is 12.6. The lowest BCUT2D eigenvalue weighted by atomic mass is 9.98. The molecule has 6 nitrogen and oxygen atoms in total. The lowest BCUT2D eigenvalue weighted by Crippen LogP contribution is -2.26. The average Bonchev–Trinajstić information content (AvgIpc) is 3.28. The van der Waals surface area contributed by atoms with E-state index in [0.717, 1.165) is 33.3 Å². The molecule has 0 saturated heterocycles. The Labute approximate surface area is 219 Å². The maximum atomic E-state index is 13.5. The molecule has 0 aliphatic rings.